The summed E-state index contributed by atoms with van der Waals surface area (Å²) < 4.78 is 2.80. The van der Waals surface area contributed by atoms with Crippen LogP contribution in [0.15, 0.2) is 164 Å². The van der Waals surface area contributed by atoms with Gasteiger partial charge in [0.15, 0.2) is 0 Å². The zero-order chi connectivity index (χ0) is 33.2. The van der Waals surface area contributed by atoms with Gasteiger partial charge in [-0.2, -0.15) is 0 Å². The third kappa shape index (κ3) is 4.65. The number of allylic oxidation sites excluding steroid dienone is 1. The Morgan fingerprint density at radius 1 is 0.440 bits per heavy atom. The van der Waals surface area contributed by atoms with Crippen LogP contribution in [0.3, 0.4) is 0 Å². The van der Waals surface area contributed by atoms with Crippen LogP contribution < -0.4 is 0 Å². The molecule has 1 unspecified atom stereocenters. The van der Waals surface area contributed by atoms with Gasteiger partial charge in [-0.15, -0.1) is 11.3 Å². The van der Waals surface area contributed by atoms with Gasteiger partial charge < -0.3 is 0 Å². The second-order valence-electron chi connectivity index (χ2n) is 13.7. The maximum absolute atomic E-state index is 2.46. The molecule has 0 radical (unpaired) electrons. The van der Waals surface area contributed by atoms with Gasteiger partial charge in [-0.3, -0.25) is 0 Å². The minimum absolute atomic E-state index is 0.537. The summed E-state index contributed by atoms with van der Waals surface area (Å²) in [4.78, 5) is 0. The van der Waals surface area contributed by atoms with Crippen molar-refractivity contribution in [2.24, 2.45) is 0 Å². The Kier molecular flexibility index (Phi) is 6.82. The zero-order valence-corrected chi connectivity index (χ0v) is 28.7. The Balaban J connectivity index is 1.25. The number of thiophene rings is 1. The van der Waals surface area contributed by atoms with E-state index in [-0.39, 0.29) is 0 Å². The van der Waals surface area contributed by atoms with Gasteiger partial charge in [-0.1, -0.05) is 146 Å². The predicted octanol–water partition coefficient (Wildman–Crippen LogP) is 14.5. The molecular weight excluding hydrogens is 621 g/mol. The molecule has 1 aromatic heterocycles. The Morgan fingerprint density at radius 3 is 1.58 bits per heavy atom. The van der Waals surface area contributed by atoms with Crippen molar-refractivity contribution in [2.75, 3.05) is 0 Å². The van der Waals surface area contributed by atoms with Crippen LogP contribution in [-0.4, -0.2) is 0 Å². The van der Waals surface area contributed by atoms with Gasteiger partial charge in [0.1, 0.15) is 0 Å². The van der Waals surface area contributed by atoms with Gasteiger partial charge in [0.2, 0.25) is 0 Å². The maximum Gasteiger partial charge on any atom is 0.0396 e. The molecule has 0 bridgehead atoms. The van der Waals surface area contributed by atoms with E-state index in [9.17, 15) is 0 Å². The highest BCUT2D eigenvalue weighted by atomic mass is 32.1. The first kappa shape index (κ1) is 29.2. The summed E-state index contributed by atoms with van der Waals surface area (Å²) in [5.74, 6) is 0.537. The first-order chi connectivity index (χ1) is 24.7. The lowest BCUT2D eigenvalue weighted by molar-refractivity contribution is 0.780. The van der Waals surface area contributed by atoms with Gasteiger partial charge in [-0.05, 0) is 120 Å². The van der Waals surface area contributed by atoms with Crippen molar-refractivity contribution in [3.05, 3.63) is 175 Å². The molecule has 10 rings (SSSR count). The van der Waals surface area contributed by atoms with Crippen molar-refractivity contribution < 1.29 is 0 Å². The third-order valence-corrected chi connectivity index (χ3v) is 11.9. The summed E-state index contributed by atoms with van der Waals surface area (Å²) in [7, 11) is 0. The summed E-state index contributed by atoms with van der Waals surface area (Å²) in [5.41, 5.74) is 12.9. The highest BCUT2D eigenvalue weighted by Gasteiger charge is 2.21. The predicted molar refractivity (Wildman–Crippen MR) is 218 cm³/mol. The minimum Gasteiger partial charge on any atom is -0.135 e. The Hall–Kier alpha value is -5.76. The van der Waals surface area contributed by atoms with E-state index in [1.54, 1.807) is 0 Å². The molecule has 236 valence electrons. The van der Waals surface area contributed by atoms with E-state index in [4.69, 9.17) is 0 Å². The van der Waals surface area contributed by atoms with Crippen LogP contribution in [0.1, 0.15) is 30.4 Å². The van der Waals surface area contributed by atoms with Crippen LogP contribution in [0.5, 0.6) is 0 Å². The fourth-order valence-electron chi connectivity index (χ4n) is 8.32. The average Bonchev–Trinajstić information content (AvgIpc) is 3.55. The summed E-state index contributed by atoms with van der Waals surface area (Å²) in [6, 6.07) is 58.5. The average molecular weight is 655 g/mol. The second-order valence-corrected chi connectivity index (χ2v) is 14.7. The molecule has 50 heavy (non-hydrogen) atoms. The highest BCUT2D eigenvalue weighted by Crippen LogP contribution is 2.48. The molecule has 8 aromatic carbocycles. The van der Waals surface area contributed by atoms with Crippen LogP contribution in [0.4, 0.5) is 0 Å². The van der Waals surface area contributed by atoms with Crippen molar-refractivity contribution in [1.29, 1.82) is 0 Å². The molecule has 0 spiro atoms. The van der Waals surface area contributed by atoms with Crippen LogP contribution in [0.2, 0.25) is 0 Å². The van der Waals surface area contributed by atoms with Gasteiger partial charge in [0.05, 0.1) is 0 Å². The van der Waals surface area contributed by atoms with Crippen molar-refractivity contribution in [3.8, 4) is 44.5 Å². The highest BCUT2D eigenvalue weighted by molar-refractivity contribution is 7.26. The molecule has 0 fully saturated rings. The van der Waals surface area contributed by atoms with E-state index >= 15 is 0 Å². The lowest BCUT2D eigenvalue weighted by Crippen LogP contribution is -1.99. The summed E-state index contributed by atoms with van der Waals surface area (Å²) >= 11 is 1.96. The number of hydrogen-bond donors (Lipinski definition) is 0. The second kappa shape index (κ2) is 11.7. The standard InChI is InChI=1S/C49H34S/c1-31-13-12-18-34-23-25-43-44-30-35(24-26-45(44)50-49(43)46(31)34)47-39-19-8-10-21-41(39)48(42-22-11-9-20-40(42)47)38-28-36(32-14-4-2-5-15-32)27-37(29-38)33-16-6-3-7-17-33/h2-12,14-31H,13H2,1H3. The van der Waals surface area contributed by atoms with Crippen molar-refractivity contribution >= 4 is 59.1 Å². The number of benzene rings is 8. The quantitative estimate of drug-likeness (QED) is 0.166. The van der Waals surface area contributed by atoms with Crippen molar-refractivity contribution in [2.45, 2.75) is 19.3 Å². The van der Waals surface area contributed by atoms with Crippen LogP contribution >= 0.6 is 11.3 Å². The Labute approximate surface area is 296 Å². The Bertz CT molecular complexity index is 2670. The molecule has 1 heteroatoms. The largest absolute Gasteiger partial charge is 0.135 e. The first-order valence-electron chi connectivity index (χ1n) is 17.6. The number of hydrogen-bond acceptors (Lipinski definition) is 1. The molecule has 1 aliphatic carbocycles. The molecule has 0 nitrogen and oxygen atoms in total. The molecule has 1 atom stereocenters. The Morgan fingerprint density at radius 2 is 0.980 bits per heavy atom. The normalized spacial score (nSPS) is 14.1. The SMILES string of the molecule is CC1CC=Cc2ccc3c(sc4ccc(-c5c6ccccc6c(-c6cc(-c7ccccc7)cc(-c7ccccc7)c6)c6ccccc56)cc43)c21. The number of rotatable bonds is 4. The minimum atomic E-state index is 0.537. The zero-order valence-electron chi connectivity index (χ0n) is 27.9. The fraction of sp³-hybridized carbons (Fsp3) is 0.0612. The maximum atomic E-state index is 2.46. The van der Waals surface area contributed by atoms with Gasteiger partial charge in [-0.25, -0.2) is 0 Å². The summed E-state index contributed by atoms with van der Waals surface area (Å²) in [6.45, 7) is 2.37. The van der Waals surface area contributed by atoms with Gasteiger partial charge >= 0.3 is 0 Å². The number of fused-ring (bicyclic) bond motifs is 7. The van der Waals surface area contributed by atoms with E-state index in [0.29, 0.717) is 5.92 Å². The molecule has 9 aromatic rings. The lowest BCUT2D eigenvalue weighted by atomic mass is 9.84. The molecule has 1 heterocycles. The smallest absolute Gasteiger partial charge is 0.0396 e. The molecule has 0 N–H and O–H groups in total. The topological polar surface area (TPSA) is 0 Å². The van der Waals surface area contributed by atoms with Crippen LogP contribution in [0, 0.1) is 0 Å². The van der Waals surface area contributed by atoms with Gasteiger partial charge in [0.25, 0.3) is 0 Å². The van der Waals surface area contributed by atoms with Crippen LogP contribution in [-0.2, 0) is 0 Å². The monoisotopic (exact) mass is 654 g/mol. The lowest BCUT2D eigenvalue weighted by Gasteiger charge is -2.19. The van der Waals surface area contributed by atoms with E-state index in [1.165, 1.54) is 97.4 Å². The first-order valence-corrected chi connectivity index (χ1v) is 18.4. The summed E-state index contributed by atoms with van der Waals surface area (Å²) in [6.07, 6.45) is 5.74. The summed E-state index contributed by atoms with van der Waals surface area (Å²) in [5, 5.41) is 7.84. The molecule has 0 saturated heterocycles. The molecule has 0 saturated carbocycles. The van der Waals surface area contributed by atoms with E-state index in [2.05, 4.69) is 177 Å². The van der Waals surface area contributed by atoms with Crippen LogP contribution in [0.25, 0.3) is 92.3 Å². The van der Waals surface area contributed by atoms with Gasteiger partial charge in [0, 0.05) is 20.2 Å². The van der Waals surface area contributed by atoms with E-state index < -0.39 is 0 Å². The van der Waals surface area contributed by atoms with Crippen molar-refractivity contribution in [1.82, 2.24) is 0 Å². The fourth-order valence-corrected chi connectivity index (χ4v) is 9.67. The molecule has 0 amide bonds. The molecule has 1 aliphatic rings. The van der Waals surface area contributed by atoms with Crippen molar-refractivity contribution in [3.63, 3.8) is 0 Å². The molecular formula is C49H34S. The van der Waals surface area contributed by atoms with E-state index in [0.717, 1.165) is 6.42 Å². The third-order valence-electron chi connectivity index (χ3n) is 10.6. The molecule has 0 aliphatic heterocycles. The van der Waals surface area contributed by atoms with E-state index in [1.807, 2.05) is 11.3 Å².